The minimum atomic E-state index is -0.701. The van der Waals surface area contributed by atoms with E-state index in [4.69, 9.17) is 0 Å². The highest BCUT2D eigenvalue weighted by atomic mass is 31.1. The highest BCUT2D eigenvalue weighted by Crippen LogP contribution is 2.59. The molecule has 2 heteroatoms. The second-order valence-corrected chi connectivity index (χ2v) is 21.9. The smallest absolute Gasteiger partial charge is 0.00745 e. The van der Waals surface area contributed by atoms with Crippen molar-refractivity contribution in [1.82, 2.24) is 0 Å². The van der Waals surface area contributed by atoms with Gasteiger partial charge in [-0.15, -0.1) is 0 Å². The SMILES string of the molecule is c1ccc(-p2c3ccccc3c3c(-c4cccc5c(-c6ccc7cc8ccccc8cc7c6)c6cccc(-c7cccc8c7c7ccccc7p8-c7ccccc7)c6cc45)cccc32)cc1. The van der Waals surface area contributed by atoms with Crippen molar-refractivity contribution in [2.24, 2.45) is 0 Å². The zero-order valence-electron chi connectivity index (χ0n) is 36.0. The molecule has 0 saturated carbocycles. The van der Waals surface area contributed by atoms with Crippen molar-refractivity contribution in [2.45, 2.75) is 0 Å². The molecule has 0 aliphatic rings. The minimum absolute atomic E-state index is 0.701. The van der Waals surface area contributed by atoms with Crippen LogP contribution in [0.15, 0.2) is 243 Å². The van der Waals surface area contributed by atoms with E-state index < -0.39 is 15.1 Å². The lowest BCUT2D eigenvalue weighted by Crippen LogP contribution is -1.91. The topological polar surface area (TPSA) is 0 Å². The van der Waals surface area contributed by atoms with Crippen molar-refractivity contribution in [2.75, 3.05) is 0 Å². The zero-order chi connectivity index (χ0) is 43.3. The number of hydrogen-bond acceptors (Lipinski definition) is 0. The lowest BCUT2D eigenvalue weighted by molar-refractivity contribution is 1.68. The summed E-state index contributed by atoms with van der Waals surface area (Å²) in [6.45, 7) is 0. The van der Waals surface area contributed by atoms with Crippen LogP contribution in [-0.4, -0.2) is 0 Å². The van der Waals surface area contributed by atoms with Gasteiger partial charge in [0.1, 0.15) is 0 Å². The van der Waals surface area contributed by atoms with Gasteiger partial charge >= 0.3 is 0 Å². The molecular weight excluding hydrogens is 831 g/mol. The molecule has 0 amide bonds. The van der Waals surface area contributed by atoms with Crippen LogP contribution in [0.3, 0.4) is 0 Å². The highest BCUT2D eigenvalue weighted by molar-refractivity contribution is 7.68. The monoisotopic (exact) mass is 870 g/mol. The lowest BCUT2D eigenvalue weighted by Gasteiger charge is -2.19. The molecule has 0 bridgehead atoms. The van der Waals surface area contributed by atoms with Gasteiger partial charge in [0, 0.05) is 31.2 Å². The molecule has 0 fully saturated rings. The van der Waals surface area contributed by atoms with Gasteiger partial charge in [0.05, 0.1) is 0 Å². The highest BCUT2D eigenvalue weighted by Gasteiger charge is 2.22. The molecule has 14 rings (SSSR count). The summed E-state index contributed by atoms with van der Waals surface area (Å²) in [6.07, 6.45) is 0. The van der Waals surface area contributed by atoms with Gasteiger partial charge < -0.3 is 0 Å². The van der Waals surface area contributed by atoms with Gasteiger partial charge in [-0.3, -0.25) is 0 Å². The first-order valence-corrected chi connectivity index (χ1v) is 25.5. The average molecular weight is 871 g/mol. The maximum atomic E-state index is 2.54. The summed E-state index contributed by atoms with van der Waals surface area (Å²) in [6, 6.07) is 91.8. The van der Waals surface area contributed by atoms with Crippen LogP contribution in [0.25, 0.3) is 129 Å². The Hall–Kier alpha value is -7.72. The summed E-state index contributed by atoms with van der Waals surface area (Å²) in [5.41, 5.74) is 7.63. The maximum Gasteiger partial charge on any atom is 0.00745 e. The van der Waals surface area contributed by atoms with E-state index >= 15 is 0 Å². The molecule has 0 aliphatic heterocycles. The quantitative estimate of drug-likeness (QED) is 0.151. The van der Waals surface area contributed by atoms with Gasteiger partial charge in [-0.25, -0.2) is 0 Å². The van der Waals surface area contributed by atoms with Crippen LogP contribution in [0.2, 0.25) is 0 Å². The normalized spacial score (nSPS) is 12.5. The molecule has 0 saturated heterocycles. The Morgan fingerprint density at radius 1 is 0.227 bits per heavy atom. The van der Waals surface area contributed by atoms with Crippen molar-refractivity contribution in [3.63, 3.8) is 0 Å². The summed E-state index contributed by atoms with van der Waals surface area (Å²) >= 11 is 0. The third kappa shape index (κ3) is 5.66. The van der Waals surface area contributed by atoms with Crippen LogP contribution in [0, 0.1) is 0 Å². The Morgan fingerprint density at radius 3 is 1.18 bits per heavy atom. The molecule has 2 aromatic heterocycles. The first kappa shape index (κ1) is 37.6. The Bertz CT molecular complexity index is 4050. The Balaban J connectivity index is 1.11. The van der Waals surface area contributed by atoms with E-state index in [2.05, 4.69) is 243 Å². The molecule has 14 aromatic rings. The van der Waals surface area contributed by atoms with Gasteiger partial charge in [-0.2, -0.15) is 0 Å². The van der Waals surface area contributed by atoms with Crippen molar-refractivity contribution >= 4 is 100 Å². The van der Waals surface area contributed by atoms with E-state index in [1.165, 1.54) is 129 Å². The largest absolute Gasteiger partial charge is 0.0772 e. The molecule has 2 atom stereocenters. The molecule has 0 N–H and O–H groups in total. The van der Waals surface area contributed by atoms with Gasteiger partial charge in [0.2, 0.25) is 0 Å². The van der Waals surface area contributed by atoms with E-state index in [0.29, 0.717) is 0 Å². The predicted octanol–water partition coefficient (Wildman–Crippen LogP) is 19.9. The first-order valence-electron chi connectivity index (χ1n) is 22.8. The fraction of sp³-hybridized carbons (Fsp3) is 0. The van der Waals surface area contributed by atoms with Gasteiger partial charge in [0.15, 0.2) is 0 Å². The van der Waals surface area contributed by atoms with Crippen molar-refractivity contribution < 1.29 is 0 Å². The predicted molar refractivity (Wildman–Crippen MR) is 291 cm³/mol. The molecule has 66 heavy (non-hydrogen) atoms. The third-order valence-electron chi connectivity index (χ3n) is 14.0. The zero-order valence-corrected chi connectivity index (χ0v) is 37.8. The standard InChI is InChI=1S/C64H40P2/c1-3-19-46(20-4-1)65-58-31-11-9-23-54(58)63-50(29-15-33-60(63)65)48-25-13-27-52-56(48)40-57-49(51-30-16-34-61-64(51)55-24-10-12-32-59(55)66(61)47-21-5-2-6-22-47)26-14-28-53(57)62(52)44-36-35-43-37-41-17-7-8-18-42(41)38-45(43)39-44/h1-40H. The van der Waals surface area contributed by atoms with E-state index in [-0.39, 0.29) is 0 Å². The van der Waals surface area contributed by atoms with Gasteiger partial charge in [-0.05, 0) is 134 Å². The number of hydrogen-bond donors (Lipinski definition) is 0. The fourth-order valence-corrected chi connectivity index (χ4v) is 16.5. The number of fused-ring (bicyclic) bond motifs is 10. The van der Waals surface area contributed by atoms with Crippen LogP contribution < -0.4 is 0 Å². The van der Waals surface area contributed by atoms with E-state index in [1.54, 1.807) is 0 Å². The van der Waals surface area contributed by atoms with Crippen molar-refractivity contribution in [3.05, 3.63) is 243 Å². The van der Waals surface area contributed by atoms with E-state index in [1.807, 2.05) is 0 Å². The fourth-order valence-electron chi connectivity index (χ4n) is 11.2. The minimum Gasteiger partial charge on any atom is -0.0772 e. The molecule has 0 aliphatic carbocycles. The van der Waals surface area contributed by atoms with Crippen LogP contribution >= 0.6 is 15.1 Å². The molecule has 0 nitrogen and oxygen atoms in total. The lowest BCUT2D eigenvalue weighted by atomic mass is 9.85. The van der Waals surface area contributed by atoms with Crippen molar-refractivity contribution in [1.29, 1.82) is 0 Å². The number of rotatable bonds is 5. The summed E-state index contributed by atoms with van der Waals surface area (Å²) in [7, 11) is -1.40. The number of benzene rings is 12. The third-order valence-corrected chi connectivity index (χ3v) is 19.1. The average Bonchev–Trinajstić information content (AvgIpc) is 3.91. The second kappa shape index (κ2) is 14.9. The maximum absolute atomic E-state index is 2.54. The molecule has 12 aromatic carbocycles. The van der Waals surface area contributed by atoms with E-state index in [9.17, 15) is 0 Å². The molecule has 306 valence electrons. The molecule has 2 heterocycles. The van der Waals surface area contributed by atoms with E-state index in [0.717, 1.165) is 0 Å². The van der Waals surface area contributed by atoms with Crippen molar-refractivity contribution in [3.8, 4) is 44.0 Å². The van der Waals surface area contributed by atoms with Crippen LogP contribution in [0.4, 0.5) is 0 Å². The van der Waals surface area contributed by atoms with Crippen LogP contribution in [0.5, 0.6) is 0 Å². The molecule has 0 radical (unpaired) electrons. The van der Waals surface area contributed by atoms with Gasteiger partial charge in [-0.1, -0.05) is 221 Å². The molecule has 0 spiro atoms. The Morgan fingerprint density at radius 2 is 0.636 bits per heavy atom. The first-order chi connectivity index (χ1) is 32.8. The Labute approximate surface area is 384 Å². The second-order valence-electron chi connectivity index (χ2n) is 17.6. The molecular formula is C64H40P2. The summed E-state index contributed by atoms with van der Waals surface area (Å²) in [4.78, 5) is 0. The Kier molecular flexibility index (Phi) is 8.51. The summed E-state index contributed by atoms with van der Waals surface area (Å²) in [5, 5.41) is 24.1. The summed E-state index contributed by atoms with van der Waals surface area (Å²) < 4.78 is 0. The van der Waals surface area contributed by atoms with Crippen LogP contribution in [-0.2, 0) is 0 Å². The summed E-state index contributed by atoms with van der Waals surface area (Å²) in [5.74, 6) is 0. The molecule has 2 unspecified atom stereocenters. The van der Waals surface area contributed by atoms with Gasteiger partial charge in [0.25, 0.3) is 0 Å². The van der Waals surface area contributed by atoms with Crippen LogP contribution in [0.1, 0.15) is 0 Å².